The summed E-state index contributed by atoms with van der Waals surface area (Å²) in [6, 6.07) is 5.38. The van der Waals surface area contributed by atoms with Gasteiger partial charge in [-0.1, -0.05) is 25.8 Å². The lowest BCUT2D eigenvalue weighted by molar-refractivity contribution is -0.120. The smallest absolute Gasteiger partial charge is 0.337 e. The summed E-state index contributed by atoms with van der Waals surface area (Å²) in [4.78, 5) is 34.9. The zero-order valence-corrected chi connectivity index (χ0v) is 12.2. The third-order valence-corrected chi connectivity index (χ3v) is 3.04. The molecule has 2 amide bonds. The zero-order valence-electron chi connectivity index (χ0n) is 12.2. The summed E-state index contributed by atoms with van der Waals surface area (Å²) in [7, 11) is 1.27. The summed E-state index contributed by atoms with van der Waals surface area (Å²) in [6.45, 7) is 1.99. The van der Waals surface area contributed by atoms with Gasteiger partial charge in [0.25, 0.3) is 5.91 Å². The molecule has 1 rings (SSSR count). The van der Waals surface area contributed by atoms with Gasteiger partial charge in [-0.25, -0.2) is 4.79 Å². The van der Waals surface area contributed by atoms with Gasteiger partial charge in [0.1, 0.15) is 6.04 Å². The third-order valence-electron chi connectivity index (χ3n) is 3.04. The topological polar surface area (TPSA) is 98.5 Å². The number of carbonyl (C=O) groups excluding carboxylic acids is 3. The van der Waals surface area contributed by atoms with E-state index in [1.807, 2.05) is 6.92 Å². The van der Waals surface area contributed by atoms with Crippen molar-refractivity contribution in [1.29, 1.82) is 0 Å². The summed E-state index contributed by atoms with van der Waals surface area (Å²) in [5.41, 5.74) is 5.83. The number of unbranched alkanes of at least 4 members (excludes halogenated alkanes) is 1. The molecule has 1 aromatic carbocycles. The lowest BCUT2D eigenvalue weighted by Gasteiger charge is -2.15. The van der Waals surface area contributed by atoms with Crippen molar-refractivity contribution in [3.05, 3.63) is 35.4 Å². The third kappa shape index (κ3) is 4.91. The van der Waals surface area contributed by atoms with Gasteiger partial charge >= 0.3 is 5.97 Å². The number of benzene rings is 1. The van der Waals surface area contributed by atoms with E-state index in [9.17, 15) is 14.4 Å². The second-order valence-corrected chi connectivity index (χ2v) is 4.64. The maximum absolute atomic E-state index is 12.1. The largest absolute Gasteiger partial charge is 0.465 e. The minimum absolute atomic E-state index is 0.273. The molecule has 0 fully saturated rings. The molecule has 0 saturated carbocycles. The van der Waals surface area contributed by atoms with Crippen LogP contribution in [0.4, 0.5) is 0 Å². The Morgan fingerprint density at radius 3 is 2.52 bits per heavy atom. The van der Waals surface area contributed by atoms with E-state index in [4.69, 9.17) is 5.73 Å². The summed E-state index contributed by atoms with van der Waals surface area (Å²) in [6.07, 6.45) is 2.18. The van der Waals surface area contributed by atoms with Gasteiger partial charge in [-0.3, -0.25) is 9.59 Å². The quantitative estimate of drug-likeness (QED) is 0.739. The van der Waals surface area contributed by atoms with Gasteiger partial charge < -0.3 is 15.8 Å². The maximum Gasteiger partial charge on any atom is 0.337 e. The molecule has 0 heterocycles. The molecule has 0 aliphatic carbocycles. The van der Waals surface area contributed by atoms with Crippen LogP contribution in [0.15, 0.2) is 24.3 Å². The molecule has 1 aromatic rings. The molecule has 6 heteroatoms. The highest BCUT2D eigenvalue weighted by atomic mass is 16.5. The monoisotopic (exact) mass is 292 g/mol. The Balaban J connectivity index is 2.82. The van der Waals surface area contributed by atoms with Crippen molar-refractivity contribution < 1.29 is 19.1 Å². The SMILES string of the molecule is CCCC[C@@H](NC(=O)c1cccc(C(=O)OC)c1)C(N)=O. The van der Waals surface area contributed by atoms with Gasteiger partial charge in [0.2, 0.25) is 5.91 Å². The zero-order chi connectivity index (χ0) is 15.8. The second-order valence-electron chi connectivity index (χ2n) is 4.64. The summed E-state index contributed by atoms with van der Waals surface area (Å²) in [5.74, 6) is -1.54. The Bertz CT molecular complexity index is 528. The number of nitrogens with two attached hydrogens (primary N) is 1. The maximum atomic E-state index is 12.1. The Labute approximate surface area is 123 Å². The first kappa shape index (κ1) is 16.7. The van der Waals surface area contributed by atoms with E-state index < -0.39 is 23.8 Å². The molecule has 114 valence electrons. The molecule has 0 unspecified atom stereocenters. The summed E-state index contributed by atoms with van der Waals surface area (Å²) < 4.78 is 4.60. The number of primary amides is 1. The normalized spacial score (nSPS) is 11.5. The molecular weight excluding hydrogens is 272 g/mol. The van der Waals surface area contributed by atoms with Gasteiger partial charge in [-0.05, 0) is 24.6 Å². The Kier molecular flexibility index (Phi) is 6.39. The van der Waals surface area contributed by atoms with E-state index in [-0.39, 0.29) is 11.1 Å². The molecule has 1 atom stereocenters. The number of esters is 1. The van der Waals surface area contributed by atoms with E-state index in [0.29, 0.717) is 6.42 Å². The molecular formula is C15H20N2O4. The van der Waals surface area contributed by atoms with Gasteiger partial charge in [-0.15, -0.1) is 0 Å². The fourth-order valence-electron chi connectivity index (χ4n) is 1.84. The van der Waals surface area contributed by atoms with Crippen LogP contribution in [0.5, 0.6) is 0 Å². The fourth-order valence-corrected chi connectivity index (χ4v) is 1.84. The highest BCUT2D eigenvalue weighted by Gasteiger charge is 2.19. The second kappa shape index (κ2) is 8.04. The number of nitrogens with one attached hydrogen (secondary N) is 1. The van der Waals surface area contributed by atoms with Crippen molar-refractivity contribution in [3.8, 4) is 0 Å². The van der Waals surface area contributed by atoms with Gasteiger partial charge in [0.15, 0.2) is 0 Å². The summed E-state index contributed by atoms with van der Waals surface area (Å²) in [5, 5.41) is 2.59. The van der Waals surface area contributed by atoms with Gasteiger partial charge in [0.05, 0.1) is 12.7 Å². The van der Waals surface area contributed by atoms with Crippen LogP contribution in [0.3, 0.4) is 0 Å². The van der Waals surface area contributed by atoms with Crippen molar-refractivity contribution in [3.63, 3.8) is 0 Å². The van der Waals surface area contributed by atoms with Crippen LogP contribution < -0.4 is 11.1 Å². The predicted octanol–water partition coefficient (Wildman–Crippen LogP) is 1.25. The standard InChI is InChI=1S/C15H20N2O4/c1-3-4-8-12(13(16)18)17-14(19)10-6-5-7-11(9-10)15(20)21-2/h5-7,9,12H,3-4,8H2,1-2H3,(H2,16,18)(H,17,19)/t12-/m1/s1. The average molecular weight is 292 g/mol. The highest BCUT2D eigenvalue weighted by molar-refractivity contribution is 5.99. The minimum Gasteiger partial charge on any atom is -0.465 e. The van der Waals surface area contributed by atoms with Crippen molar-refractivity contribution in [1.82, 2.24) is 5.32 Å². The molecule has 0 aliphatic heterocycles. The molecule has 6 nitrogen and oxygen atoms in total. The van der Waals surface area contributed by atoms with Crippen LogP contribution in [0.1, 0.15) is 46.9 Å². The van der Waals surface area contributed by atoms with E-state index in [2.05, 4.69) is 10.1 Å². The fraction of sp³-hybridized carbons (Fsp3) is 0.400. The number of rotatable bonds is 7. The highest BCUT2D eigenvalue weighted by Crippen LogP contribution is 2.08. The van der Waals surface area contributed by atoms with Crippen molar-refractivity contribution in [2.24, 2.45) is 5.73 Å². The molecule has 0 aliphatic rings. The van der Waals surface area contributed by atoms with Crippen LogP contribution in [-0.4, -0.2) is 30.9 Å². The molecule has 0 spiro atoms. The number of ether oxygens (including phenoxy) is 1. The molecule has 0 saturated heterocycles. The number of hydrogen-bond acceptors (Lipinski definition) is 4. The molecule has 0 aromatic heterocycles. The number of methoxy groups -OCH3 is 1. The predicted molar refractivity (Wildman–Crippen MR) is 77.8 cm³/mol. The lowest BCUT2D eigenvalue weighted by Crippen LogP contribution is -2.44. The van der Waals surface area contributed by atoms with Crippen molar-refractivity contribution >= 4 is 17.8 Å². The lowest BCUT2D eigenvalue weighted by atomic mass is 10.1. The number of hydrogen-bond donors (Lipinski definition) is 2. The van der Waals surface area contributed by atoms with E-state index in [1.165, 1.54) is 13.2 Å². The van der Waals surface area contributed by atoms with Crippen LogP contribution in [0.25, 0.3) is 0 Å². The van der Waals surface area contributed by atoms with Crippen molar-refractivity contribution in [2.45, 2.75) is 32.2 Å². The Morgan fingerprint density at radius 1 is 1.29 bits per heavy atom. The molecule has 21 heavy (non-hydrogen) atoms. The number of amides is 2. The first-order valence-electron chi connectivity index (χ1n) is 6.78. The van der Waals surface area contributed by atoms with Crippen LogP contribution in [0, 0.1) is 0 Å². The number of carbonyl (C=O) groups is 3. The Morgan fingerprint density at radius 2 is 1.95 bits per heavy atom. The molecule has 3 N–H and O–H groups in total. The van der Waals surface area contributed by atoms with E-state index >= 15 is 0 Å². The Hall–Kier alpha value is -2.37. The van der Waals surface area contributed by atoms with Crippen LogP contribution in [-0.2, 0) is 9.53 Å². The molecule has 0 radical (unpaired) electrons. The van der Waals surface area contributed by atoms with Gasteiger partial charge in [0, 0.05) is 5.56 Å². The minimum atomic E-state index is -0.709. The first-order valence-corrected chi connectivity index (χ1v) is 6.78. The van der Waals surface area contributed by atoms with Crippen molar-refractivity contribution in [2.75, 3.05) is 7.11 Å². The average Bonchev–Trinajstić information content (AvgIpc) is 2.50. The summed E-state index contributed by atoms with van der Waals surface area (Å²) >= 11 is 0. The van der Waals surface area contributed by atoms with E-state index in [1.54, 1.807) is 18.2 Å². The van der Waals surface area contributed by atoms with Crippen LogP contribution in [0.2, 0.25) is 0 Å². The van der Waals surface area contributed by atoms with E-state index in [0.717, 1.165) is 12.8 Å². The van der Waals surface area contributed by atoms with Crippen LogP contribution >= 0.6 is 0 Å². The van der Waals surface area contributed by atoms with Gasteiger partial charge in [-0.2, -0.15) is 0 Å². The first-order chi connectivity index (χ1) is 9.99. The molecule has 0 bridgehead atoms.